The van der Waals surface area contributed by atoms with E-state index in [0.29, 0.717) is 6.61 Å². The number of aromatic nitrogens is 1. The Morgan fingerprint density at radius 3 is 2.95 bits per heavy atom. The smallest absolute Gasteiger partial charge is 0.191 e. The number of nitrogens with zero attached hydrogens (tertiary/aromatic N) is 1. The Kier molecular flexibility index (Phi) is 5.63. The molecule has 5 heteroatoms. The summed E-state index contributed by atoms with van der Waals surface area (Å²) in [7, 11) is 3.48. The normalized spacial score (nSPS) is 13.4. The van der Waals surface area contributed by atoms with Crippen LogP contribution in [-0.2, 0) is 11.2 Å². The molecule has 0 bridgehead atoms. The van der Waals surface area contributed by atoms with Crippen LogP contribution in [0.5, 0.6) is 0 Å². The van der Waals surface area contributed by atoms with Crippen molar-refractivity contribution in [1.29, 1.82) is 0 Å². The highest BCUT2D eigenvalue weighted by molar-refractivity contribution is 5.83. The maximum absolute atomic E-state index is 5.11. The minimum absolute atomic E-state index is 0.231. The second kappa shape index (κ2) is 7.69. The van der Waals surface area contributed by atoms with Crippen molar-refractivity contribution in [3.8, 4) is 0 Å². The maximum Gasteiger partial charge on any atom is 0.191 e. The van der Waals surface area contributed by atoms with E-state index in [9.17, 15) is 0 Å². The first-order chi connectivity index (χ1) is 10.2. The van der Waals surface area contributed by atoms with Crippen LogP contribution in [0.15, 0.2) is 35.5 Å². The number of ether oxygens (including phenoxy) is 1. The standard InChI is InChI=1S/C16H24N4O/c1-12(11-21-3)20-16(17-2)18-9-8-13-10-19-15-7-5-4-6-14(13)15/h4-7,10,12,19H,8-9,11H2,1-3H3,(H2,17,18,20). The first-order valence-corrected chi connectivity index (χ1v) is 7.25. The first-order valence-electron chi connectivity index (χ1n) is 7.25. The van der Waals surface area contributed by atoms with Gasteiger partial charge < -0.3 is 20.4 Å². The van der Waals surface area contributed by atoms with Crippen molar-refractivity contribution >= 4 is 16.9 Å². The third-order valence-corrected chi connectivity index (χ3v) is 3.39. The van der Waals surface area contributed by atoms with E-state index in [1.807, 2.05) is 6.07 Å². The predicted octanol–water partition coefficient (Wildman–Crippen LogP) is 1.91. The molecule has 0 aliphatic heterocycles. The van der Waals surface area contributed by atoms with E-state index >= 15 is 0 Å². The number of aromatic amines is 1. The largest absolute Gasteiger partial charge is 0.383 e. The lowest BCUT2D eigenvalue weighted by Crippen LogP contribution is -2.44. The zero-order valence-corrected chi connectivity index (χ0v) is 12.9. The lowest BCUT2D eigenvalue weighted by molar-refractivity contribution is 0.179. The highest BCUT2D eigenvalue weighted by Crippen LogP contribution is 2.17. The van der Waals surface area contributed by atoms with Crippen LogP contribution in [0, 0.1) is 0 Å². The Bertz CT molecular complexity index is 591. The molecule has 1 aromatic carbocycles. The number of benzene rings is 1. The van der Waals surface area contributed by atoms with Crippen molar-refractivity contribution in [2.45, 2.75) is 19.4 Å². The van der Waals surface area contributed by atoms with Crippen LogP contribution in [0.25, 0.3) is 10.9 Å². The zero-order chi connectivity index (χ0) is 15.1. The number of rotatable bonds is 6. The number of hydrogen-bond acceptors (Lipinski definition) is 2. The summed E-state index contributed by atoms with van der Waals surface area (Å²) >= 11 is 0. The lowest BCUT2D eigenvalue weighted by Gasteiger charge is -2.17. The lowest BCUT2D eigenvalue weighted by atomic mass is 10.1. The fourth-order valence-corrected chi connectivity index (χ4v) is 2.37. The number of para-hydroxylation sites is 1. The second-order valence-corrected chi connectivity index (χ2v) is 5.11. The summed E-state index contributed by atoms with van der Waals surface area (Å²) in [5.74, 6) is 0.805. The molecule has 3 N–H and O–H groups in total. The van der Waals surface area contributed by atoms with E-state index in [1.165, 1.54) is 16.5 Å². The number of hydrogen-bond donors (Lipinski definition) is 3. The van der Waals surface area contributed by atoms with Crippen LogP contribution in [0.3, 0.4) is 0 Å². The van der Waals surface area contributed by atoms with E-state index in [4.69, 9.17) is 4.74 Å². The van der Waals surface area contributed by atoms with Crippen LogP contribution < -0.4 is 10.6 Å². The molecule has 0 aliphatic carbocycles. The topological polar surface area (TPSA) is 61.4 Å². The van der Waals surface area contributed by atoms with Gasteiger partial charge in [-0.3, -0.25) is 4.99 Å². The zero-order valence-electron chi connectivity index (χ0n) is 12.9. The van der Waals surface area contributed by atoms with Crippen molar-refractivity contribution in [2.24, 2.45) is 4.99 Å². The molecule has 0 spiro atoms. The van der Waals surface area contributed by atoms with E-state index in [1.54, 1.807) is 14.2 Å². The molecule has 1 atom stereocenters. The highest BCUT2D eigenvalue weighted by atomic mass is 16.5. The third-order valence-electron chi connectivity index (χ3n) is 3.39. The number of guanidine groups is 1. The van der Waals surface area contributed by atoms with Crippen molar-refractivity contribution in [3.63, 3.8) is 0 Å². The Morgan fingerprint density at radius 1 is 1.38 bits per heavy atom. The van der Waals surface area contributed by atoms with E-state index in [0.717, 1.165) is 18.9 Å². The fourth-order valence-electron chi connectivity index (χ4n) is 2.37. The monoisotopic (exact) mass is 288 g/mol. The van der Waals surface area contributed by atoms with Gasteiger partial charge in [-0.1, -0.05) is 18.2 Å². The van der Waals surface area contributed by atoms with Gasteiger partial charge >= 0.3 is 0 Å². The molecule has 5 nitrogen and oxygen atoms in total. The molecule has 0 fully saturated rings. The molecule has 0 aliphatic rings. The number of nitrogens with one attached hydrogen (secondary N) is 3. The molecule has 1 heterocycles. The summed E-state index contributed by atoms with van der Waals surface area (Å²) in [6.07, 6.45) is 3.03. The van der Waals surface area contributed by atoms with Gasteiger partial charge in [-0.25, -0.2) is 0 Å². The number of H-pyrrole nitrogens is 1. The van der Waals surface area contributed by atoms with Crippen molar-refractivity contribution in [2.75, 3.05) is 27.3 Å². The Labute approximate surface area is 125 Å². The molecule has 114 valence electrons. The van der Waals surface area contributed by atoms with Gasteiger partial charge in [-0.05, 0) is 25.0 Å². The molecule has 0 saturated carbocycles. The molecular formula is C16H24N4O. The second-order valence-electron chi connectivity index (χ2n) is 5.11. The molecular weight excluding hydrogens is 264 g/mol. The molecule has 0 saturated heterocycles. The van der Waals surface area contributed by atoms with Gasteiger partial charge in [0.2, 0.25) is 0 Å². The molecule has 1 unspecified atom stereocenters. The van der Waals surface area contributed by atoms with Crippen LogP contribution in [-0.4, -0.2) is 44.3 Å². The molecule has 2 aromatic rings. The van der Waals surface area contributed by atoms with Crippen LogP contribution in [0.2, 0.25) is 0 Å². The summed E-state index contributed by atoms with van der Waals surface area (Å²) in [5, 5.41) is 7.91. The van der Waals surface area contributed by atoms with Crippen molar-refractivity contribution in [3.05, 3.63) is 36.0 Å². The van der Waals surface area contributed by atoms with Crippen LogP contribution >= 0.6 is 0 Å². The molecule has 2 rings (SSSR count). The summed E-state index contributed by atoms with van der Waals surface area (Å²) in [6, 6.07) is 8.59. The Hall–Kier alpha value is -2.01. The molecule has 21 heavy (non-hydrogen) atoms. The minimum atomic E-state index is 0.231. The Morgan fingerprint density at radius 2 is 2.19 bits per heavy atom. The maximum atomic E-state index is 5.11. The van der Waals surface area contributed by atoms with Gasteiger partial charge in [0, 0.05) is 43.8 Å². The summed E-state index contributed by atoms with van der Waals surface area (Å²) in [5.41, 5.74) is 2.50. The fraction of sp³-hybridized carbons (Fsp3) is 0.438. The number of methoxy groups -OCH3 is 1. The predicted molar refractivity (Wildman–Crippen MR) is 87.8 cm³/mol. The average Bonchev–Trinajstić information content (AvgIpc) is 2.90. The number of fused-ring (bicyclic) bond motifs is 1. The molecule has 1 aromatic heterocycles. The van der Waals surface area contributed by atoms with Gasteiger partial charge in [0.25, 0.3) is 0 Å². The van der Waals surface area contributed by atoms with Gasteiger partial charge in [-0.2, -0.15) is 0 Å². The SMILES string of the molecule is CN=C(NCCc1c[nH]c2ccccc12)NC(C)COC. The summed E-state index contributed by atoms with van der Waals surface area (Å²) in [4.78, 5) is 7.52. The van der Waals surface area contributed by atoms with Gasteiger partial charge in [0.1, 0.15) is 0 Å². The van der Waals surface area contributed by atoms with E-state index < -0.39 is 0 Å². The first kappa shape index (κ1) is 15.4. The number of aliphatic imine (C=N–C) groups is 1. The Balaban J connectivity index is 1.85. The van der Waals surface area contributed by atoms with E-state index in [-0.39, 0.29) is 6.04 Å². The molecule has 0 amide bonds. The van der Waals surface area contributed by atoms with Gasteiger partial charge in [0.05, 0.1) is 6.61 Å². The third kappa shape index (κ3) is 4.23. The van der Waals surface area contributed by atoms with E-state index in [2.05, 4.69) is 51.9 Å². The summed E-state index contributed by atoms with van der Waals surface area (Å²) in [6.45, 7) is 3.56. The van der Waals surface area contributed by atoms with Gasteiger partial charge in [-0.15, -0.1) is 0 Å². The highest BCUT2D eigenvalue weighted by Gasteiger charge is 2.06. The summed E-state index contributed by atoms with van der Waals surface area (Å²) < 4.78 is 5.11. The van der Waals surface area contributed by atoms with Crippen molar-refractivity contribution in [1.82, 2.24) is 15.6 Å². The van der Waals surface area contributed by atoms with Crippen LogP contribution in [0.4, 0.5) is 0 Å². The van der Waals surface area contributed by atoms with Gasteiger partial charge in [0.15, 0.2) is 5.96 Å². The van der Waals surface area contributed by atoms with Crippen LogP contribution in [0.1, 0.15) is 12.5 Å². The average molecular weight is 288 g/mol. The molecule has 0 radical (unpaired) electrons. The van der Waals surface area contributed by atoms with Crippen molar-refractivity contribution < 1.29 is 4.74 Å². The quantitative estimate of drug-likeness (QED) is 0.562. The minimum Gasteiger partial charge on any atom is -0.383 e.